The summed E-state index contributed by atoms with van der Waals surface area (Å²) in [5.74, 6) is 0.745. The molecule has 2 N–H and O–H groups in total. The van der Waals surface area contributed by atoms with Crippen LogP contribution in [0.15, 0.2) is 46.9 Å². The Morgan fingerprint density at radius 3 is 2.33 bits per heavy atom. The van der Waals surface area contributed by atoms with Gasteiger partial charge in [0.15, 0.2) is 5.76 Å². The molecule has 3 heteroatoms. The Labute approximate surface area is 142 Å². The first-order valence-corrected chi connectivity index (χ1v) is 8.35. The fourth-order valence-electron chi connectivity index (χ4n) is 2.98. The number of hydrogen-bond donors (Lipinski definition) is 1. The second-order valence-electron chi connectivity index (χ2n) is 6.83. The second-order valence-corrected chi connectivity index (χ2v) is 6.83. The molecule has 0 saturated carbocycles. The van der Waals surface area contributed by atoms with E-state index in [9.17, 15) is 4.79 Å². The van der Waals surface area contributed by atoms with Crippen LogP contribution in [0, 0.1) is 0 Å². The molecule has 3 aromatic rings. The molecule has 124 valence electrons. The minimum atomic E-state index is -0.150. The van der Waals surface area contributed by atoms with Crippen LogP contribution in [0.3, 0.4) is 0 Å². The van der Waals surface area contributed by atoms with E-state index in [0.29, 0.717) is 22.8 Å². The largest absolute Gasteiger partial charge is 0.450 e. The molecule has 0 aliphatic rings. The molecule has 1 aromatic heterocycles. The number of fused-ring (bicyclic) bond motifs is 1. The summed E-state index contributed by atoms with van der Waals surface area (Å²) in [6, 6.07) is 13.5. The zero-order valence-electron chi connectivity index (χ0n) is 14.6. The summed E-state index contributed by atoms with van der Waals surface area (Å²) in [5.41, 5.74) is 10.2. The number of ketones is 1. The Morgan fingerprint density at radius 2 is 1.71 bits per heavy atom. The molecule has 2 aromatic carbocycles. The van der Waals surface area contributed by atoms with E-state index in [1.165, 1.54) is 5.56 Å². The number of benzene rings is 2. The first-order chi connectivity index (χ1) is 11.4. The van der Waals surface area contributed by atoms with Crippen molar-refractivity contribution in [2.24, 2.45) is 0 Å². The lowest BCUT2D eigenvalue weighted by Crippen LogP contribution is -2.08. The van der Waals surface area contributed by atoms with Gasteiger partial charge in [-0.2, -0.15) is 0 Å². The fourth-order valence-corrected chi connectivity index (χ4v) is 2.98. The molecule has 3 nitrogen and oxygen atoms in total. The zero-order valence-corrected chi connectivity index (χ0v) is 14.6. The van der Waals surface area contributed by atoms with E-state index in [1.807, 2.05) is 36.4 Å². The number of para-hydroxylation sites is 1. The molecule has 0 fully saturated rings. The zero-order chi connectivity index (χ0) is 17.4. The standard InChI is InChI=1S/C21H23NO2/c1-12(2)14-9-10-15(17(11-14)13(3)4)20(23)21-19(22)16-7-5-6-8-18(16)24-21/h5-13H,22H2,1-4H3. The van der Waals surface area contributed by atoms with Gasteiger partial charge < -0.3 is 10.2 Å². The van der Waals surface area contributed by atoms with Gasteiger partial charge in [0.2, 0.25) is 5.78 Å². The smallest absolute Gasteiger partial charge is 0.230 e. The van der Waals surface area contributed by atoms with Crippen LogP contribution in [-0.4, -0.2) is 5.78 Å². The van der Waals surface area contributed by atoms with Crippen LogP contribution >= 0.6 is 0 Å². The summed E-state index contributed by atoms with van der Waals surface area (Å²) in [5, 5.41) is 0.783. The minimum Gasteiger partial charge on any atom is -0.450 e. The van der Waals surface area contributed by atoms with Crippen molar-refractivity contribution in [1.29, 1.82) is 0 Å². The molecule has 0 unspecified atom stereocenters. The lowest BCUT2D eigenvalue weighted by Gasteiger charge is -2.15. The SMILES string of the molecule is CC(C)c1ccc(C(=O)c2oc3ccccc3c2N)c(C(C)C)c1. The van der Waals surface area contributed by atoms with Crippen LogP contribution in [0.2, 0.25) is 0 Å². The van der Waals surface area contributed by atoms with Crippen LogP contribution in [0.25, 0.3) is 11.0 Å². The van der Waals surface area contributed by atoms with Gasteiger partial charge in [0.25, 0.3) is 0 Å². The number of furan rings is 1. The molecule has 0 aliphatic carbocycles. The van der Waals surface area contributed by atoms with Gasteiger partial charge in [-0.15, -0.1) is 0 Å². The highest BCUT2D eigenvalue weighted by atomic mass is 16.3. The molecule has 0 atom stereocenters. The Bertz CT molecular complexity index is 903. The molecule has 0 radical (unpaired) electrons. The summed E-state index contributed by atoms with van der Waals surface area (Å²) in [4.78, 5) is 13.1. The van der Waals surface area contributed by atoms with Crippen molar-refractivity contribution in [3.8, 4) is 0 Å². The molecular formula is C21H23NO2. The van der Waals surface area contributed by atoms with E-state index in [4.69, 9.17) is 10.2 Å². The summed E-state index contributed by atoms with van der Waals surface area (Å²) in [6.07, 6.45) is 0. The monoisotopic (exact) mass is 321 g/mol. The van der Waals surface area contributed by atoms with Crippen LogP contribution in [0.4, 0.5) is 5.69 Å². The highest BCUT2D eigenvalue weighted by Crippen LogP contribution is 2.32. The third kappa shape index (κ3) is 2.71. The molecular weight excluding hydrogens is 298 g/mol. The van der Waals surface area contributed by atoms with Crippen LogP contribution in [-0.2, 0) is 0 Å². The normalized spacial score (nSPS) is 11.6. The van der Waals surface area contributed by atoms with Gasteiger partial charge in [-0.3, -0.25) is 4.79 Å². The van der Waals surface area contributed by atoms with Gasteiger partial charge in [-0.05, 0) is 35.1 Å². The van der Waals surface area contributed by atoms with E-state index in [0.717, 1.165) is 10.9 Å². The number of anilines is 1. The maximum absolute atomic E-state index is 13.1. The minimum absolute atomic E-state index is 0.150. The third-order valence-corrected chi connectivity index (χ3v) is 4.45. The summed E-state index contributed by atoms with van der Waals surface area (Å²) in [7, 11) is 0. The van der Waals surface area contributed by atoms with Crippen LogP contribution in [0.5, 0.6) is 0 Å². The molecule has 0 saturated heterocycles. The van der Waals surface area contributed by atoms with Crippen molar-refractivity contribution < 1.29 is 9.21 Å². The third-order valence-electron chi connectivity index (χ3n) is 4.45. The fraction of sp³-hybridized carbons (Fsp3) is 0.286. The summed E-state index contributed by atoms with van der Waals surface area (Å²) < 4.78 is 5.75. The Morgan fingerprint density at radius 1 is 1.00 bits per heavy atom. The molecule has 3 rings (SSSR count). The molecule has 0 spiro atoms. The van der Waals surface area contributed by atoms with E-state index >= 15 is 0 Å². The quantitative estimate of drug-likeness (QED) is 0.646. The van der Waals surface area contributed by atoms with E-state index in [1.54, 1.807) is 0 Å². The number of hydrogen-bond acceptors (Lipinski definition) is 3. The van der Waals surface area contributed by atoms with Crippen LogP contribution < -0.4 is 5.73 Å². The Kier molecular flexibility index (Phi) is 4.18. The van der Waals surface area contributed by atoms with Crippen molar-refractivity contribution in [2.45, 2.75) is 39.5 Å². The molecule has 0 amide bonds. The maximum Gasteiger partial charge on any atom is 0.230 e. The van der Waals surface area contributed by atoms with Gasteiger partial charge in [-0.1, -0.05) is 58.0 Å². The highest BCUT2D eigenvalue weighted by molar-refractivity contribution is 6.15. The number of carbonyl (C=O) groups is 1. The molecule has 1 heterocycles. The number of carbonyl (C=O) groups excluding carboxylic acids is 1. The van der Waals surface area contributed by atoms with Crippen molar-refractivity contribution in [2.75, 3.05) is 5.73 Å². The number of rotatable bonds is 4. The van der Waals surface area contributed by atoms with Crippen molar-refractivity contribution in [3.63, 3.8) is 0 Å². The molecule has 0 bridgehead atoms. The number of nitrogen functional groups attached to an aromatic ring is 1. The van der Waals surface area contributed by atoms with E-state index in [2.05, 4.69) is 33.8 Å². The van der Waals surface area contributed by atoms with E-state index < -0.39 is 0 Å². The van der Waals surface area contributed by atoms with Gasteiger partial charge in [-0.25, -0.2) is 0 Å². The van der Waals surface area contributed by atoms with Gasteiger partial charge >= 0.3 is 0 Å². The lowest BCUT2D eigenvalue weighted by atomic mass is 9.89. The van der Waals surface area contributed by atoms with Crippen molar-refractivity contribution in [1.82, 2.24) is 0 Å². The van der Waals surface area contributed by atoms with Crippen molar-refractivity contribution in [3.05, 3.63) is 64.9 Å². The Balaban J connectivity index is 2.13. The highest BCUT2D eigenvalue weighted by Gasteiger charge is 2.23. The topological polar surface area (TPSA) is 56.2 Å². The second kappa shape index (κ2) is 6.16. The van der Waals surface area contributed by atoms with Crippen LogP contribution in [0.1, 0.15) is 66.8 Å². The van der Waals surface area contributed by atoms with E-state index in [-0.39, 0.29) is 17.5 Å². The van der Waals surface area contributed by atoms with Gasteiger partial charge in [0.05, 0.1) is 5.69 Å². The molecule has 0 aliphatic heterocycles. The average Bonchev–Trinajstić information content (AvgIpc) is 2.91. The summed E-state index contributed by atoms with van der Waals surface area (Å²) in [6.45, 7) is 8.49. The molecule has 24 heavy (non-hydrogen) atoms. The maximum atomic E-state index is 13.1. The van der Waals surface area contributed by atoms with Gasteiger partial charge in [0, 0.05) is 10.9 Å². The van der Waals surface area contributed by atoms with Crippen molar-refractivity contribution >= 4 is 22.4 Å². The summed E-state index contributed by atoms with van der Waals surface area (Å²) >= 11 is 0. The first-order valence-electron chi connectivity index (χ1n) is 8.35. The lowest BCUT2D eigenvalue weighted by molar-refractivity contribution is 0.101. The average molecular weight is 321 g/mol. The Hall–Kier alpha value is -2.55. The predicted octanol–water partition coefficient (Wildman–Crippen LogP) is 5.49. The first kappa shape index (κ1) is 16.3. The van der Waals surface area contributed by atoms with Gasteiger partial charge in [0.1, 0.15) is 5.58 Å². The number of nitrogens with two attached hydrogens (primary N) is 1. The predicted molar refractivity (Wildman–Crippen MR) is 98.7 cm³/mol.